The fourth-order valence-electron chi connectivity index (χ4n) is 12.6. The van der Waals surface area contributed by atoms with Crippen LogP contribution in [0.15, 0.2) is 40.8 Å². The molecule has 0 spiro atoms. The van der Waals surface area contributed by atoms with E-state index in [4.69, 9.17) is 18.9 Å². The van der Waals surface area contributed by atoms with E-state index in [1.165, 1.54) is 5.57 Å². The van der Waals surface area contributed by atoms with Gasteiger partial charge in [0.15, 0.2) is 0 Å². The fourth-order valence-corrected chi connectivity index (χ4v) is 14.0. The van der Waals surface area contributed by atoms with Crippen molar-refractivity contribution in [3.8, 4) is 0 Å². The van der Waals surface area contributed by atoms with Crippen LogP contribution >= 0.6 is 0 Å². The smallest absolute Gasteiger partial charge is 0.310 e. The summed E-state index contributed by atoms with van der Waals surface area (Å²) in [4.78, 5) is 14.8. The van der Waals surface area contributed by atoms with Gasteiger partial charge in [0.1, 0.15) is 0 Å². The lowest BCUT2D eigenvalue weighted by atomic mass is 9.35. The number of hydrogen-bond donors (Lipinski definition) is 1. The molecule has 8 nitrogen and oxygen atoms in total. The highest BCUT2D eigenvalue weighted by Gasteiger charge is 2.69. The minimum atomic E-state index is -3.79. The summed E-state index contributed by atoms with van der Waals surface area (Å²) in [6.07, 6.45) is 8.79. The number of aryl methyl sites for hydroxylation is 1. The zero-order chi connectivity index (χ0) is 43.3. The third kappa shape index (κ3) is 8.28. The summed E-state index contributed by atoms with van der Waals surface area (Å²) >= 11 is 0. The zero-order valence-electron chi connectivity index (χ0n) is 39.0. The predicted octanol–water partition coefficient (Wildman–Crippen LogP) is 10.6. The molecule has 58 heavy (non-hydrogen) atoms. The van der Waals surface area contributed by atoms with E-state index in [1.54, 1.807) is 19.2 Å². The number of ether oxygens (including phenoxy) is 4. The van der Waals surface area contributed by atoms with Crippen molar-refractivity contribution in [3.05, 3.63) is 41.5 Å². The highest BCUT2D eigenvalue weighted by atomic mass is 32.2. The molecule has 1 aliphatic heterocycles. The maximum atomic E-state index is 14.5. The molecule has 0 aromatic heterocycles. The number of fused-ring (bicyclic) bond motifs is 5. The van der Waals surface area contributed by atoms with Crippen LogP contribution in [0.2, 0.25) is 0 Å². The standard InChI is InChI=1S/C49H81NO7S/c1-16-17-28-56-43(51)41-45(10,34(5)32(2)3)26-27-48(13)38-22-23-39-46(11,37(38)24-25-49(41,48)14)30-55-31-47(39,12)42(35(6)54-15)57-29-40(44(7,8)9)50-58(52,53)36-20-18-33(4)19-21-36/h18-21,24,32,34-35,38-42,50H,16-17,22-23,25-31H2,1-15H3/t34-,35-,38+,39-,40+,41-,42+,45-,46+,47?,48-,49+/m1/s1. The summed E-state index contributed by atoms with van der Waals surface area (Å²) in [5.41, 5.74) is 0.910. The number of carbonyl (C=O) groups is 1. The molecule has 1 saturated heterocycles. The highest BCUT2D eigenvalue weighted by molar-refractivity contribution is 7.89. The molecule has 0 bridgehead atoms. The van der Waals surface area contributed by atoms with Crippen LogP contribution in [0.3, 0.4) is 0 Å². The number of carbonyl (C=O) groups excluding carboxylic acids is 1. The van der Waals surface area contributed by atoms with E-state index in [2.05, 4.69) is 80.0 Å². The van der Waals surface area contributed by atoms with Gasteiger partial charge in [-0.3, -0.25) is 4.79 Å². The minimum Gasteiger partial charge on any atom is -0.465 e. The van der Waals surface area contributed by atoms with E-state index in [0.717, 1.165) is 50.5 Å². The number of allylic oxidation sites excluding steroid dienone is 1. The van der Waals surface area contributed by atoms with Gasteiger partial charge in [0.2, 0.25) is 10.0 Å². The molecule has 4 aliphatic rings. The summed E-state index contributed by atoms with van der Waals surface area (Å²) in [5.74, 6) is 1.22. The van der Waals surface area contributed by atoms with Gasteiger partial charge in [0.05, 0.1) is 55.5 Å². The Labute approximate surface area is 353 Å². The molecule has 3 aliphatic carbocycles. The monoisotopic (exact) mass is 828 g/mol. The zero-order valence-corrected chi connectivity index (χ0v) is 39.9. The van der Waals surface area contributed by atoms with Gasteiger partial charge in [-0.25, -0.2) is 13.1 Å². The molecule has 12 atom stereocenters. The van der Waals surface area contributed by atoms with Crippen LogP contribution < -0.4 is 4.72 Å². The van der Waals surface area contributed by atoms with Crippen LogP contribution in [0, 0.1) is 69.0 Å². The lowest BCUT2D eigenvalue weighted by molar-refractivity contribution is -0.226. The number of rotatable bonds is 15. The van der Waals surface area contributed by atoms with Crippen LogP contribution in [0.5, 0.6) is 0 Å². The Hall–Kier alpha value is -1.78. The molecule has 1 heterocycles. The van der Waals surface area contributed by atoms with Gasteiger partial charge in [-0.05, 0) is 110 Å². The molecular weight excluding hydrogens is 747 g/mol. The average molecular weight is 828 g/mol. The number of methoxy groups -OCH3 is 1. The first kappa shape index (κ1) is 47.3. The second-order valence-corrected chi connectivity index (χ2v) is 23.6. The van der Waals surface area contributed by atoms with Gasteiger partial charge in [-0.2, -0.15) is 0 Å². The van der Waals surface area contributed by atoms with Crippen molar-refractivity contribution in [3.63, 3.8) is 0 Å². The Balaban J connectivity index is 1.49. The topological polar surface area (TPSA) is 100 Å². The molecule has 330 valence electrons. The SMILES string of the molecule is CCCCOC(=O)[C@@H]1[C@@](C)([C@H](C)C(C)C)CC[C@]2(C)[C@H]3CC[C@H]4C(C)([C@@H](OC[C@H](NS(=O)(=O)c5ccc(C)cc5)C(C)(C)C)[C@@H](C)OC)COC[C@@]4(C)C3=CC[C@@]12C. The first-order valence-corrected chi connectivity index (χ1v) is 24.0. The molecule has 1 aromatic carbocycles. The Morgan fingerprint density at radius 1 is 0.948 bits per heavy atom. The number of hydrogen-bond acceptors (Lipinski definition) is 7. The number of sulfonamides is 1. The lowest BCUT2D eigenvalue weighted by Crippen LogP contribution is -2.66. The molecule has 1 unspecified atom stereocenters. The third-order valence-electron chi connectivity index (χ3n) is 17.0. The summed E-state index contributed by atoms with van der Waals surface area (Å²) in [6.45, 7) is 33.2. The van der Waals surface area contributed by atoms with Crippen molar-refractivity contribution in [1.29, 1.82) is 0 Å². The Morgan fingerprint density at radius 2 is 1.60 bits per heavy atom. The summed E-state index contributed by atoms with van der Waals surface area (Å²) in [6, 6.07) is 6.48. The molecule has 0 radical (unpaired) electrons. The van der Waals surface area contributed by atoms with E-state index < -0.39 is 26.9 Å². The van der Waals surface area contributed by atoms with E-state index >= 15 is 0 Å². The number of esters is 1. The van der Waals surface area contributed by atoms with E-state index in [9.17, 15) is 13.2 Å². The molecule has 5 rings (SSSR count). The summed E-state index contributed by atoms with van der Waals surface area (Å²) in [7, 11) is -2.06. The normalized spacial score (nSPS) is 36.1. The van der Waals surface area contributed by atoms with Crippen LogP contribution in [0.4, 0.5) is 0 Å². The average Bonchev–Trinajstić information content (AvgIpc) is 3.14. The van der Waals surface area contributed by atoms with Crippen LogP contribution in [-0.4, -0.2) is 66.2 Å². The van der Waals surface area contributed by atoms with Crippen molar-refractivity contribution in [2.75, 3.05) is 33.5 Å². The molecular formula is C49H81NO7S. The maximum absolute atomic E-state index is 14.5. The number of nitrogens with one attached hydrogen (secondary N) is 1. The second-order valence-electron chi connectivity index (χ2n) is 21.8. The maximum Gasteiger partial charge on any atom is 0.310 e. The van der Waals surface area contributed by atoms with Crippen molar-refractivity contribution >= 4 is 16.0 Å². The largest absolute Gasteiger partial charge is 0.465 e. The van der Waals surface area contributed by atoms with Gasteiger partial charge in [0, 0.05) is 17.9 Å². The van der Waals surface area contributed by atoms with Crippen LogP contribution in [0.25, 0.3) is 0 Å². The lowest BCUT2D eigenvalue weighted by Gasteiger charge is -2.69. The van der Waals surface area contributed by atoms with Gasteiger partial charge < -0.3 is 18.9 Å². The quantitative estimate of drug-likeness (QED) is 0.107. The van der Waals surface area contributed by atoms with Crippen molar-refractivity contribution in [1.82, 2.24) is 4.72 Å². The van der Waals surface area contributed by atoms with Gasteiger partial charge >= 0.3 is 5.97 Å². The van der Waals surface area contributed by atoms with E-state index in [0.29, 0.717) is 37.6 Å². The van der Waals surface area contributed by atoms with Gasteiger partial charge in [-0.15, -0.1) is 0 Å². The Morgan fingerprint density at radius 3 is 2.19 bits per heavy atom. The van der Waals surface area contributed by atoms with Crippen molar-refractivity contribution in [2.45, 2.75) is 165 Å². The first-order valence-electron chi connectivity index (χ1n) is 22.6. The molecule has 9 heteroatoms. The minimum absolute atomic E-state index is 0.00505. The molecule has 1 N–H and O–H groups in total. The van der Waals surface area contributed by atoms with Crippen molar-refractivity contribution < 1.29 is 32.2 Å². The second kappa shape index (κ2) is 17.2. The third-order valence-corrected chi connectivity index (χ3v) is 18.5. The van der Waals surface area contributed by atoms with Crippen molar-refractivity contribution in [2.24, 2.45) is 62.1 Å². The van der Waals surface area contributed by atoms with Crippen LogP contribution in [0.1, 0.15) is 141 Å². The number of unbranched alkanes of at least 4 members (excludes halogenated alkanes) is 1. The van der Waals surface area contributed by atoms with Gasteiger partial charge in [-0.1, -0.05) is 119 Å². The highest BCUT2D eigenvalue weighted by Crippen LogP contribution is 2.73. The molecule has 1 aromatic rings. The number of benzene rings is 1. The molecule has 2 saturated carbocycles. The summed E-state index contributed by atoms with van der Waals surface area (Å²) < 4.78 is 56.4. The van der Waals surface area contributed by atoms with Crippen LogP contribution in [-0.2, 0) is 33.8 Å². The fraction of sp³-hybridized carbons (Fsp3) is 0.816. The van der Waals surface area contributed by atoms with E-state index in [-0.39, 0.29) is 63.2 Å². The molecule has 0 amide bonds. The Kier molecular flexibility index (Phi) is 14.0. The van der Waals surface area contributed by atoms with Gasteiger partial charge in [0.25, 0.3) is 0 Å². The molecule has 3 fully saturated rings. The Bertz CT molecular complexity index is 1740. The summed E-state index contributed by atoms with van der Waals surface area (Å²) in [5, 5.41) is 0. The first-order chi connectivity index (χ1) is 26.9. The van der Waals surface area contributed by atoms with E-state index in [1.807, 2.05) is 39.8 Å². The predicted molar refractivity (Wildman–Crippen MR) is 234 cm³/mol.